The van der Waals surface area contributed by atoms with Crippen LogP contribution in [0.5, 0.6) is 5.75 Å². The third-order valence-corrected chi connectivity index (χ3v) is 1.79. The Balaban J connectivity index is 2.39. The van der Waals surface area contributed by atoms with Crippen molar-refractivity contribution in [2.45, 2.75) is 19.9 Å². The summed E-state index contributed by atoms with van der Waals surface area (Å²) in [5.41, 5.74) is 6.27. The second-order valence-electron chi connectivity index (χ2n) is 3.18. The molecule has 0 atom stereocenters. The molecule has 0 fully saturated rings. The van der Waals surface area contributed by atoms with E-state index in [1.54, 1.807) is 6.20 Å². The maximum atomic E-state index is 5.42. The summed E-state index contributed by atoms with van der Waals surface area (Å²) in [6.45, 7) is 7.71. The van der Waals surface area contributed by atoms with Crippen LogP contribution in [-0.4, -0.2) is 22.9 Å². The number of hydrogen-bond donors (Lipinski definition) is 1. The molecule has 0 aliphatic carbocycles. The Morgan fingerprint density at radius 2 is 2.50 bits per heavy atom. The zero-order valence-corrected chi connectivity index (χ0v) is 8.57. The summed E-state index contributed by atoms with van der Waals surface area (Å²) in [6, 6.07) is 0. The highest BCUT2D eigenvalue weighted by Crippen LogP contribution is 2.09. The smallest absolute Gasteiger partial charge is 0.157 e. The second-order valence-corrected chi connectivity index (χ2v) is 3.18. The van der Waals surface area contributed by atoms with Gasteiger partial charge < -0.3 is 10.5 Å². The van der Waals surface area contributed by atoms with Crippen molar-refractivity contribution >= 4 is 0 Å². The maximum Gasteiger partial charge on any atom is 0.157 e. The number of aromatic nitrogens is 2. The Morgan fingerprint density at radius 1 is 1.71 bits per heavy atom. The lowest BCUT2D eigenvalue weighted by atomic mass is 10.3. The molecule has 0 amide bonds. The minimum Gasteiger partial charge on any atom is -0.486 e. The van der Waals surface area contributed by atoms with Crippen LogP contribution in [0.25, 0.3) is 0 Å². The van der Waals surface area contributed by atoms with Crippen molar-refractivity contribution in [2.75, 3.05) is 13.2 Å². The van der Waals surface area contributed by atoms with E-state index in [0.29, 0.717) is 13.2 Å². The van der Waals surface area contributed by atoms with Gasteiger partial charge in [-0.15, -0.1) is 0 Å². The van der Waals surface area contributed by atoms with E-state index in [2.05, 4.69) is 18.6 Å². The fraction of sp³-hybridized carbons (Fsp3) is 0.500. The Hall–Kier alpha value is -1.29. The largest absolute Gasteiger partial charge is 0.486 e. The van der Waals surface area contributed by atoms with E-state index in [1.165, 1.54) is 0 Å². The summed E-state index contributed by atoms with van der Waals surface area (Å²) in [7, 11) is 0. The van der Waals surface area contributed by atoms with Gasteiger partial charge >= 0.3 is 0 Å². The summed E-state index contributed by atoms with van der Waals surface area (Å²) in [5, 5.41) is 4.14. The molecule has 2 N–H and O–H groups in total. The van der Waals surface area contributed by atoms with Crippen molar-refractivity contribution in [1.82, 2.24) is 9.78 Å². The van der Waals surface area contributed by atoms with E-state index in [1.807, 2.05) is 10.9 Å². The minimum absolute atomic E-state index is 0.461. The van der Waals surface area contributed by atoms with E-state index in [0.717, 1.165) is 24.3 Å². The lowest BCUT2D eigenvalue weighted by Gasteiger charge is -2.03. The number of nitrogens with two attached hydrogens (primary N) is 1. The van der Waals surface area contributed by atoms with Gasteiger partial charge in [-0.3, -0.25) is 4.68 Å². The Bertz CT molecular complexity index is 293. The van der Waals surface area contributed by atoms with Crippen molar-refractivity contribution < 1.29 is 4.74 Å². The van der Waals surface area contributed by atoms with E-state index in [-0.39, 0.29) is 0 Å². The van der Waals surface area contributed by atoms with Crippen LogP contribution in [0.3, 0.4) is 0 Å². The highest BCUT2D eigenvalue weighted by Gasteiger charge is 1.99. The third-order valence-electron chi connectivity index (χ3n) is 1.79. The number of ether oxygens (including phenoxy) is 1. The summed E-state index contributed by atoms with van der Waals surface area (Å²) in [4.78, 5) is 0. The number of hydrogen-bond acceptors (Lipinski definition) is 3. The fourth-order valence-corrected chi connectivity index (χ4v) is 1.01. The van der Waals surface area contributed by atoms with Crippen molar-refractivity contribution in [1.29, 1.82) is 0 Å². The van der Waals surface area contributed by atoms with Gasteiger partial charge in [0.05, 0.1) is 12.4 Å². The predicted octanol–water partition coefficient (Wildman–Crippen LogP) is 1.19. The molecule has 0 unspecified atom stereocenters. The molecule has 1 aromatic rings. The Morgan fingerprint density at radius 3 is 3.14 bits per heavy atom. The van der Waals surface area contributed by atoms with Gasteiger partial charge in [0.1, 0.15) is 6.61 Å². The van der Waals surface area contributed by atoms with Crippen LogP contribution in [0.2, 0.25) is 0 Å². The Kier molecular flexibility index (Phi) is 4.19. The standard InChI is InChI=1S/C10H17N3O/c1-3-4-13-7-10(6-12-13)14-8-9(2)5-11/h6-7H,2-5,8,11H2,1H3. The van der Waals surface area contributed by atoms with Crippen LogP contribution in [0.1, 0.15) is 13.3 Å². The quantitative estimate of drug-likeness (QED) is 0.694. The molecule has 1 rings (SSSR count). The molecule has 0 aliphatic rings. The lowest BCUT2D eigenvalue weighted by molar-refractivity contribution is 0.350. The summed E-state index contributed by atoms with van der Waals surface area (Å²) < 4.78 is 7.28. The van der Waals surface area contributed by atoms with Gasteiger partial charge in [-0.2, -0.15) is 5.10 Å². The number of rotatable bonds is 6. The van der Waals surface area contributed by atoms with Crippen LogP contribution in [0.4, 0.5) is 0 Å². The van der Waals surface area contributed by atoms with Crippen molar-refractivity contribution in [2.24, 2.45) is 5.73 Å². The molecule has 0 radical (unpaired) electrons. The minimum atomic E-state index is 0.461. The molecule has 4 nitrogen and oxygen atoms in total. The first-order chi connectivity index (χ1) is 6.76. The van der Waals surface area contributed by atoms with Crippen LogP contribution in [-0.2, 0) is 6.54 Å². The Labute approximate surface area is 84.4 Å². The average Bonchev–Trinajstić information content (AvgIpc) is 2.63. The van der Waals surface area contributed by atoms with E-state index in [4.69, 9.17) is 10.5 Å². The highest BCUT2D eigenvalue weighted by molar-refractivity contribution is 5.13. The topological polar surface area (TPSA) is 53.1 Å². The van der Waals surface area contributed by atoms with Crippen LogP contribution in [0, 0.1) is 0 Å². The SMILES string of the molecule is C=C(CN)COc1cnn(CCC)c1. The van der Waals surface area contributed by atoms with E-state index < -0.39 is 0 Å². The molecule has 0 saturated carbocycles. The molecular weight excluding hydrogens is 178 g/mol. The summed E-state index contributed by atoms with van der Waals surface area (Å²) in [5.74, 6) is 0.771. The van der Waals surface area contributed by atoms with Gasteiger partial charge in [-0.05, 0) is 12.0 Å². The highest BCUT2D eigenvalue weighted by atomic mass is 16.5. The summed E-state index contributed by atoms with van der Waals surface area (Å²) in [6.07, 6.45) is 4.66. The van der Waals surface area contributed by atoms with Crippen molar-refractivity contribution in [3.05, 3.63) is 24.5 Å². The molecule has 0 aliphatic heterocycles. The van der Waals surface area contributed by atoms with Crippen molar-refractivity contribution in [3.8, 4) is 5.75 Å². The van der Waals surface area contributed by atoms with Crippen LogP contribution < -0.4 is 10.5 Å². The molecule has 14 heavy (non-hydrogen) atoms. The molecule has 0 saturated heterocycles. The number of aryl methyl sites for hydroxylation is 1. The monoisotopic (exact) mass is 195 g/mol. The van der Waals surface area contributed by atoms with Gasteiger partial charge in [-0.25, -0.2) is 0 Å². The first-order valence-electron chi connectivity index (χ1n) is 4.78. The van der Waals surface area contributed by atoms with Crippen LogP contribution in [0.15, 0.2) is 24.5 Å². The van der Waals surface area contributed by atoms with E-state index >= 15 is 0 Å². The molecule has 1 heterocycles. The lowest BCUT2D eigenvalue weighted by Crippen LogP contribution is -2.09. The van der Waals surface area contributed by atoms with Gasteiger partial charge in [0.15, 0.2) is 5.75 Å². The zero-order valence-electron chi connectivity index (χ0n) is 8.57. The molecule has 4 heteroatoms. The maximum absolute atomic E-state index is 5.42. The van der Waals surface area contributed by atoms with Gasteiger partial charge in [-0.1, -0.05) is 13.5 Å². The van der Waals surface area contributed by atoms with E-state index in [9.17, 15) is 0 Å². The molecule has 78 valence electrons. The molecule has 0 aromatic carbocycles. The van der Waals surface area contributed by atoms with Crippen LogP contribution >= 0.6 is 0 Å². The first-order valence-corrected chi connectivity index (χ1v) is 4.78. The fourth-order valence-electron chi connectivity index (χ4n) is 1.01. The van der Waals surface area contributed by atoms with Gasteiger partial charge in [0.2, 0.25) is 0 Å². The zero-order chi connectivity index (χ0) is 10.4. The van der Waals surface area contributed by atoms with Gasteiger partial charge in [0.25, 0.3) is 0 Å². The normalized spacial score (nSPS) is 10.1. The van der Waals surface area contributed by atoms with Gasteiger partial charge in [0, 0.05) is 13.1 Å². The molecule has 0 spiro atoms. The second kappa shape index (κ2) is 5.44. The number of nitrogens with zero attached hydrogens (tertiary/aromatic N) is 2. The summed E-state index contributed by atoms with van der Waals surface area (Å²) >= 11 is 0. The average molecular weight is 195 g/mol. The predicted molar refractivity (Wildman–Crippen MR) is 56.2 cm³/mol. The third kappa shape index (κ3) is 3.22. The molecule has 1 aromatic heterocycles. The molecular formula is C10H17N3O. The first kappa shape index (κ1) is 10.8. The van der Waals surface area contributed by atoms with Crippen molar-refractivity contribution in [3.63, 3.8) is 0 Å². The molecule has 0 bridgehead atoms.